The number of nitrogens with zero attached hydrogens (tertiary/aromatic N) is 1. The zero-order valence-corrected chi connectivity index (χ0v) is 15.8. The van der Waals surface area contributed by atoms with Crippen molar-refractivity contribution in [3.05, 3.63) is 53.6 Å². The lowest BCUT2D eigenvalue weighted by Gasteiger charge is -2.16. The molecule has 0 unspecified atom stereocenters. The summed E-state index contributed by atoms with van der Waals surface area (Å²) >= 11 is 1.62. The predicted octanol–water partition coefficient (Wildman–Crippen LogP) is 1.72. The Balaban J connectivity index is 1.93. The minimum absolute atomic E-state index is 0.282. The van der Waals surface area contributed by atoms with Crippen LogP contribution in [-0.2, 0) is 22.6 Å². The normalized spacial score (nSPS) is 11.8. The molecule has 0 aliphatic rings. The van der Waals surface area contributed by atoms with Crippen LogP contribution in [-0.4, -0.2) is 47.0 Å². The van der Waals surface area contributed by atoms with Crippen LogP contribution in [0.2, 0.25) is 0 Å². The van der Waals surface area contributed by atoms with E-state index in [2.05, 4.69) is 20.6 Å². The van der Waals surface area contributed by atoms with E-state index in [0.717, 1.165) is 17.0 Å². The first kappa shape index (κ1) is 20.0. The Labute approximate surface area is 157 Å². The van der Waals surface area contributed by atoms with Gasteiger partial charge in [-0.05, 0) is 36.1 Å². The number of ether oxygens (including phenoxy) is 1. The molecule has 0 saturated carbocycles. The monoisotopic (exact) mass is 376 g/mol. The summed E-state index contributed by atoms with van der Waals surface area (Å²) in [7, 11) is 1.33. The number of H-pyrrole nitrogens is 1. The summed E-state index contributed by atoms with van der Waals surface area (Å²) in [6.45, 7) is 1.25. The summed E-state index contributed by atoms with van der Waals surface area (Å²) in [5, 5.41) is 6.04. The van der Waals surface area contributed by atoms with Gasteiger partial charge in [-0.25, -0.2) is 9.78 Å². The highest BCUT2D eigenvalue weighted by Crippen LogP contribution is 2.08. The van der Waals surface area contributed by atoms with Crippen LogP contribution in [0.3, 0.4) is 0 Å². The predicted molar refractivity (Wildman–Crippen MR) is 102 cm³/mol. The van der Waals surface area contributed by atoms with Gasteiger partial charge < -0.3 is 20.4 Å². The number of thioether (sulfide) groups is 1. The summed E-state index contributed by atoms with van der Waals surface area (Å²) in [5.41, 5.74) is 2.42. The van der Waals surface area contributed by atoms with Gasteiger partial charge in [0.2, 0.25) is 0 Å². The van der Waals surface area contributed by atoms with Gasteiger partial charge in [-0.2, -0.15) is 11.8 Å². The highest BCUT2D eigenvalue weighted by atomic mass is 32.2. The zero-order chi connectivity index (χ0) is 18.8. The molecule has 1 amide bonds. The van der Waals surface area contributed by atoms with Crippen molar-refractivity contribution in [3.8, 4) is 0 Å². The number of esters is 1. The second-order valence-electron chi connectivity index (χ2n) is 5.70. The fourth-order valence-electron chi connectivity index (χ4n) is 2.41. The lowest BCUT2D eigenvalue weighted by molar-refractivity contribution is -0.142. The Hall–Kier alpha value is -2.32. The van der Waals surface area contributed by atoms with Gasteiger partial charge in [0.1, 0.15) is 6.04 Å². The molecule has 2 aromatic rings. The van der Waals surface area contributed by atoms with Crippen molar-refractivity contribution in [2.24, 2.45) is 0 Å². The van der Waals surface area contributed by atoms with Crippen LogP contribution in [0.1, 0.15) is 28.0 Å². The van der Waals surface area contributed by atoms with Crippen molar-refractivity contribution in [3.63, 3.8) is 0 Å². The molecular weight excluding hydrogens is 352 g/mol. The second-order valence-corrected chi connectivity index (χ2v) is 6.68. The van der Waals surface area contributed by atoms with Gasteiger partial charge in [-0.1, -0.05) is 12.1 Å². The number of hydrogen-bond donors (Lipinski definition) is 3. The molecule has 0 bridgehead atoms. The van der Waals surface area contributed by atoms with Gasteiger partial charge in [0.25, 0.3) is 5.91 Å². The lowest BCUT2D eigenvalue weighted by atomic mass is 10.1. The quantitative estimate of drug-likeness (QED) is 0.547. The Morgan fingerprint density at radius 2 is 2.19 bits per heavy atom. The van der Waals surface area contributed by atoms with Crippen molar-refractivity contribution in [2.45, 2.75) is 25.6 Å². The van der Waals surface area contributed by atoms with E-state index in [1.54, 1.807) is 24.2 Å². The molecule has 1 heterocycles. The molecule has 0 fully saturated rings. The first-order chi connectivity index (χ1) is 12.6. The van der Waals surface area contributed by atoms with Crippen LogP contribution in [0.15, 0.2) is 36.8 Å². The minimum Gasteiger partial charge on any atom is -0.467 e. The molecule has 2 rings (SSSR count). The van der Waals surface area contributed by atoms with Crippen LogP contribution in [0, 0.1) is 0 Å². The van der Waals surface area contributed by atoms with Crippen LogP contribution in [0.5, 0.6) is 0 Å². The average molecular weight is 376 g/mol. The molecule has 1 aromatic heterocycles. The van der Waals surface area contributed by atoms with E-state index in [4.69, 9.17) is 4.74 Å². The number of benzene rings is 1. The van der Waals surface area contributed by atoms with Gasteiger partial charge >= 0.3 is 5.97 Å². The number of rotatable bonds is 10. The fourth-order valence-corrected chi connectivity index (χ4v) is 2.88. The topological polar surface area (TPSA) is 96.1 Å². The zero-order valence-electron chi connectivity index (χ0n) is 15.0. The highest BCUT2D eigenvalue weighted by molar-refractivity contribution is 7.98. The van der Waals surface area contributed by atoms with E-state index in [1.807, 2.05) is 30.7 Å². The number of carbonyl (C=O) groups is 2. The van der Waals surface area contributed by atoms with Crippen molar-refractivity contribution < 1.29 is 14.3 Å². The van der Waals surface area contributed by atoms with Crippen LogP contribution in [0.4, 0.5) is 0 Å². The maximum atomic E-state index is 12.5. The Kier molecular flexibility index (Phi) is 8.17. The maximum absolute atomic E-state index is 12.5. The van der Waals surface area contributed by atoms with E-state index in [0.29, 0.717) is 25.1 Å². The number of aromatic nitrogens is 2. The molecule has 26 heavy (non-hydrogen) atoms. The van der Waals surface area contributed by atoms with Gasteiger partial charge in [0.15, 0.2) is 0 Å². The Morgan fingerprint density at radius 1 is 1.35 bits per heavy atom. The van der Waals surface area contributed by atoms with E-state index < -0.39 is 12.0 Å². The smallest absolute Gasteiger partial charge is 0.328 e. The molecule has 1 aromatic carbocycles. The summed E-state index contributed by atoms with van der Waals surface area (Å²) in [4.78, 5) is 31.4. The van der Waals surface area contributed by atoms with E-state index in [-0.39, 0.29) is 5.91 Å². The van der Waals surface area contributed by atoms with E-state index >= 15 is 0 Å². The standard InChI is InChI=1S/C18H24N4O3S/c1-25-18(24)16(6-7-26-2)22-17(23)14-5-3-4-13(8-14)9-19-10-15-11-20-12-21-15/h3-5,8,11-12,16,19H,6-7,9-10H2,1-2H3,(H,20,21)(H,22,23)/t16-/m0/s1. The first-order valence-corrected chi connectivity index (χ1v) is 9.68. The molecule has 8 heteroatoms. The van der Waals surface area contributed by atoms with Crippen LogP contribution in [0.25, 0.3) is 0 Å². The van der Waals surface area contributed by atoms with Gasteiger partial charge in [0, 0.05) is 24.8 Å². The molecule has 0 spiro atoms. The van der Waals surface area contributed by atoms with Crippen molar-refractivity contribution in [1.29, 1.82) is 0 Å². The molecule has 3 N–H and O–H groups in total. The summed E-state index contributed by atoms with van der Waals surface area (Å²) in [5.74, 6) is 0.0527. The van der Waals surface area contributed by atoms with Gasteiger partial charge in [0.05, 0.1) is 19.1 Å². The summed E-state index contributed by atoms with van der Waals surface area (Å²) < 4.78 is 4.78. The molecule has 0 aliphatic carbocycles. The third-order valence-electron chi connectivity index (χ3n) is 3.78. The number of imidazole rings is 1. The Bertz CT molecular complexity index is 706. The maximum Gasteiger partial charge on any atom is 0.328 e. The first-order valence-electron chi connectivity index (χ1n) is 8.29. The summed E-state index contributed by atoms with van der Waals surface area (Å²) in [6.07, 6.45) is 5.95. The SMILES string of the molecule is COC(=O)[C@H](CCSC)NC(=O)c1cccc(CNCc2c[nH]cn2)c1. The third kappa shape index (κ3) is 6.20. The minimum atomic E-state index is -0.638. The van der Waals surface area contributed by atoms with Crippen molar-refractivity contribution in [2.75, 3.05) is 19.1 Å². The highest BCUT2D eigenvalue weighted by Gasteiger charge is 2.21. The molecule has 140 valence electrons. The lowest BCUT2D eigenvalue weighted by Crippen LogP contribution is -2.42. The Morgan fingerprint density at radius 3 is 2.88 bits per heavy atom. The fraction of sp³-hybridized carbons (Fsp3) is 0.389. The molecule has 0 saturated heterocycles. The number of nitrogens with one attached hydrogen (secondary N) is 3. The number of amides is 1. The van der Waals surface area contributed by atoms with Crippen LogP contribution >= 0.6 is 11.8 Å². The average Bonchev–Trinajstić information content (AvgIpc) is 3.18. The van der Waals surface area contributed by atoms with Crippen LogP contribution < -0.4 is 10.6 Å². The number of hydrogen-bond acceptors (Lipinski definition) is 6. The third-order valence-corrected chi connectivity index (χ3v) is 4.42. The molecule has 7 nitrogen and oxygen atoms in total. The van der Waals surface area contributed by atoms with Gasteiger partial charge in [-0.15, -0.1) is 0 Å². The summed E-state index contributed by atoms with van der Waals surface area (Å²) in [6, 6.07) is 6.68. The molecular formula is C18H24N4O3S. The molecule has 0 radical (unpaired) electrons. The van der Waals surface area contributed by atoms with Crippen molar-refractivity contribution >= 4 is 23.6 Å². The van der Waals surface area contributed by atoms with Gasteiger partial charge in [-0.3, -0.25) is 4.79 Å². The largest absolute Gasteiger partial charge is 0.467 e. The molecule has 1 atom stereocenters. The van der Waals surface area contributed by atoms with Crippen molar-refractivity contribution in [1.82, 2.24) is 20.6 Å². The number of aromatic amines is 1. The van der Waals surface area contributed by atoms with E-state index in [1.165, 1.54) is 7.11 Å². The van der Waals surface area contributed by atoms with E-state index in [9.17, 15) is 9.59 Å². The number of carbonyl (C=O) groups excluding carboxylic acids is 2. The molecule has 0 aliphatic heterocycles. The number of methoxy groups -OCH3 is 1. The second kappa shape index (κ2) is 10.6.